The van der Waals surface area contributed by atoms with Gasteiger partial charge < -0.3 is 10.1 Å². The van der Waals surface area contributed by atoms with Crippen molar-refractivity contribution in [2.24, 2.45) is 0 Å². The Kier molecular flexibility index (Phi) is 4.46. The van der Waals surface area contributed by atoms with E-state index in [1.807, 2.05) is 19.9 Å². The molecule has 2 aromatic heterocycles. The molecule has 0 aliphatic carbocycles. The number of carbonyl (C=O) groups is 2. The second-order valence-corrected chi connectivity index (χ2v) is 4.50. The number of amides is 1. The van der Waals surface area contributed by atoms with E-state index in [2.05, 4.69) is 20.4 Å². The number of carbonyl (C=O) groups excluding carboxylic acids is 2. The monoisotopic (exact) mass is 291 g/mol. The van der Waals surface area contributed by atoms with Gasteiger partial charge in [0.1, 0.15) is 0 Å². The van der Waals surface area contributed by atoms with Crippen LogP contribution in [0.15, 0.2) is 6.07 Å². The number of hydrogen-bond donors (Lipinski definition) is 1. The van der Waals surface area contributed by atoms with Gasteiger partial charge in [0.15, 0.2) is 0 Å². The van der Waals surface area contributed by atoms with Crippen LogP contribution in [0.5, 0.6) is 0 Å². The van der Waals surface area contributed by atoms with Crippen LogP contribution >= 0.6 is 0 Å². The predicted molar refractivity (Wildman–Crippen MR) is 73.8 cm³/mol. The lowest BCUT2D eigenvalue weighted by Crippen LogP contribution is -2.27. The van der Waals surface area contributed by atoms with Crippen molar-refractivity contribution >= 4 is 17.7 Å². The van der Waals surface area contributed by atoms with Crippen LogP contribution in [0, 0.1) is 13.8 Å². The van der Waals surface area contributed by atoms with Crippen molar-refractivity contribution in [3.05, 3.63) is 23.3 Å². The normalized spacial score (nSPS) is 10.6. The average Bonchev–Trinajstić information content (AvgIpc) is 2.83. The molecule has 2 rings (SSSR count). The van der Waals surface area contributed by atoms with Crippen LogP contribution < -0.4 is 5.32 Å². The Morgan fingerprint density at radius 2 is 2.10 bits per heavy atom. The molecule has 2 aromatic rings. The molecule has 0 unspecified atom stereocenters. The van der Waals surface area contributed by atoms with Crippen molar-refractivity contribution < 1.29 is 14.3 Å². The third-order valence-corrected chi connectivity index (χ3v) is 2.74. The van der Waals surface area contributed by atoms with Gasteiger partial charge in [-0.3, -0.25) is 9.59 Å². The predicted octanol–water partition coefficient (Wildman–Crippen LogP) is 0.424. The lowest BCUT2D eigenvalue weighted by atomic mass is 10.4. The van der Waals surface area contributed by atoms with Crippen molar-refractivity contribution in [2.75, 3.05) is 13.2 Å². The molecule has 1 N–H and O–H groups in total. The minimum absolute atomic E-state index is 0.0278. The molecule has 0 bridgehead atoms. The van der Waals surface area contributed by atoms with Gasteiger partial charge in [0.25, 0.3) is 11.7 Å². The number of aryl methyl sites for hydroxylation is 2. The Balaban J connectivity index is 2.03. The Hall–Kier alpha value is -2.51. The van der Waals surface area contributed by atoms with Gasteiger partial charge in [0.2, 0.25) is 5.82 Å². The number of fused-ring (bicyclic) bond motifs is 1. The maximum atomic E-state index is 11.9. The van der Waals surface area contributed by atoms with Gasteiger partial charge in [-0.25, -0.2) is 9.50 Å². The highest BCUT2D eigenvalue weighted by Gasteiger charge is 2.15. The molecule has 0 aliphatic heterocycles. The Bertz CT molecular complexity index is 680. The van der Waals surface area contributed by atoms with Crippen LogP contribution in [0.3, 0.4) is 0 Å². The topological polar surface area (TPSA) is 98.5 Å². The Labute approximate surface area is 121 Å². The first-order chi connectivity index (χ1) is 10.0. The fraction of sp³-hybridized carbons (Fsp3) is 0.462. The molecule has 0 saturated carbocycles. The first-order valence-electron chi connectivity index (χ1n) is 6.66. The first-order valence-corrected chi connectivity index (χ1v) is 6.66. The fourth-order valence-corrected chi connectivity index (χ4v) is 1.85. The zero-order valence-corrected chi connectivity index (χ0v) is 12.2. The van der Waals surface area contributed by atoms with E-state index in [-0.39, 0.29) is 24.8 Å². The SMILES string of the molecule is CCOC(=O)CCNC(=O)c1nc2nc(C)cc(C)n2n1. The van der Waals surface area contributed by atoms with Gasteiger partial charge in [0, 0.05) is 17.9 Å². The summed E-state index contributed by atoms with van der Waals surface area (Å²) in [5.41, 5.74) is 1.65. The fourth-order valence-electron chi connectivity index (χ4n) is 1.85. The number of nitrogens with zero attached hydrogens (tertiary/aromatic N) is 4. The molecule has 0 fully saturated rings. The highest BCUT2D eigenvalue weighted by molar-refractivity contribution is 5.91. The van der Waals surface area contributed by atoms with E-state index >= 15 is 0 Å². The molecule has 8 nitrogen and oxygen atoms in total. The summed E-state index contributed by atoms with van der Waals surface area (Å²) in [5.74, 6) is -0.390. The van der Waals surface area contributed by atoms with E-state index in [9.17, 15) is 9.59 Å². The van der Waals surface area contributed by atoms with Crippen molar-refractivity contribution in [2.45, 2.75) is 27.2 Å². The van der Waals surface area contributed by atoms with Crippen molar-refractivity contribution in [1.29, 1.82) is 0 Å². The molecule has 0 aromatic carbocycles. The summed E-state index contributed by atoms with van der Waals surface area (Å²) < 4.78 is 6.28. The smallest absolute Gasteiger partial charge is 0.307 e. The van der Waals surface area contributed by atoms with Crippen LogP contribution in [-0.2, 0) is 9.53 Å². The molecular weight excluding hydrogens is 274 g/mol. The van der Waals surface area contributed by atoms with Gasteiger partial charge >= 0.3 is 5.97 Å². The summed E-state index contributed by atoms with van der Waals surface area (Å²) in [5, 5.41) is 6.68. The molecule has 21 heavy (non-hydrogen) atoms. The van der Waals surface area contributed by atoms with E-state index in [0.29, 0.717) is 12.4 Å². The lowest BCUT2D eigenvalue weighted by Gasteiger charge is -2.02. The van der Waals surface area contributed by atoms with E-state index in [0.717, 1.165) is 11.4 Å². The minimum atomic E-state index is -0.443. The number of rotatable bonds is 5. The van der Waals surface area contributed by atoms with Gasteiger partial charge in [-0.15, -0.1) is 5.10 Å². The molecule has 0 aliphatic rings. The molecule has 1 amide bonds. The van der Waals surface area contributed by atoms with Crippen LogP contribution in [0.25, 0.3) is 5.78 Å². The molecule has 0 saturated heterocycles. The Morgan fingerprint density at radius 1 is 1.33 bits per heavy atom. The van der Waals surface area contributed by atoms with Crippen LogP contribution in [0.1, 0.15) is 35.4 Å². The molecule has 0 spiro atoms. The zero-order valence-electron chi connectivity index (χ0n) is 12.2. The molecule has 0 radical (unpaired) electrons. The molecule has 0 atom stereocenters. The second-order valence-electron chi connectivity index (χ2n) is 4.50. The van der Waals surface area contributed by atoms with Crippen LogP contribution in [0.4, 0.5) is 0 Å². The van der Waals surface area contributed by atoms with Gasteiger partial charge in [-0.05, 0) is 26.8 Å². The number of hydrogen-bond acceptors (Lipinski definition) is 6. The maximum absolute atomic E-state index is 11.9. The molecular formula is C13H17N5O3. The van der Waals surface area contributed by atoms with Gasteiger partial charge in [-0.2, -0.15) is 4.98 Å². The van der Waals surface area contributed by atoms with Crippen LogP contribution in [-0.4, -0.2) is 44.6 Å². The molecule has 2 heterocycles. The molecule has 112 valence electrons. The number of nitrogens with one attached hydrogen (secondary N) is 1. The summed E-state index contributed by atoms with van der Waals surface area (Å²) in [7, 11) is 0. The third-order valence-electron chi connectivity index (χ3n) is 2.74. The summed E-state index contributed by atoms with van der Waals surface area (Å²) in [6.07, 6.45) is 0.114. The number of ether oxygens (including phenoxy) is 1. The van der Waals surface area contributed by atoms with Crippen molar-refractivity contribution in [3.8, 4) is 0 Å². The number of esters is 1. The summed E-state index contributed by atoms with van der Waals surface area (Å²) in [6.45, 7) is 5.94. The highest BCUT2D eigenvalue weighted by atomic mass is 16.5. The van der Waals surface area contributed by atoms with E-state index in [4.69, 9.17) is 4.74 Å². The summed E-state index contributed by atoms with van der Waals surface area (Å²) >= 11 is 0. The maximum Gasteiger partial charge on any atom is 0.307 e. The van der Waals surface area contributed by atoms with E-state index in [1.165, 1.54) is 4.52 Å². The van der Waals surface area contributed by atoms with Crippen molar-refractivity contribution in [1.82, 2.24) is 24.9 Å². The largest absolute Gasteiger partial charge is 0.466 e. The third kappa shape index (κ3) is 3.53. The second kappa shape index (κ2) is 6.29. The zero-order chi connectivity index (χ0) is 15.4. The highest BCUT2D eigenvalue weighted by Crippen LogP contribution is 2.05. The van der Waals surface area contributed by atoms with E-state index in [1.54, 1.807) is 6.92 Å². The standard InChI is InChI=1S/C13H17N5O3/c1-4-21-10(19)5-6-14-12(20)11-16-13-15-8(2)7-9(3)18(13)17-11/h7H,4-6H2,1-3H3,(H,14,20). The van der Waals surface area contributed by atoms with Crippen LogP contribution in [0.2, 0.25) is 0 Å². The summed E-state index contributed by atoms with van der Waals surface area (Å²) in [4.78, 5) is 31.4. The van der Waals surface area contributed by atoms with Gasteiger partial charge in [-0.1, -0.05) is 0 Å². The minimum Gasteiger partial charge on any atom is -0.466 e. The number of aromatic nitrogens is 4. The van der Waals surface area contributed by atoms with Crippen molar-refractivity contribution in [3.63, 3.8) is 0 Å². The quantitative estimate of drug-likeness (QED) is 0.802. The Morgan fingerprint density at radius 3 is 2.81 bits per heavy atom. The first kappa shape index (κ1) is 14.9. The van der Waals surface area contributed by atoms with E-state index < -0.39 is 5.91 Å². The molecule has 8 heteroatoms. The summed E-state index contributed by atoms with van der Waals surface area (Å²) in [6, 6.07) is 1.85. The van der Waals surface area contributed by atoms with Gasteiger partial charge in [0.05, 0.1) is 13.0 Å². The lowest BCUT2D eigenvalue weighted by molar-refractivity contribution is -0.142. The average molecular weight is 291 g/mol.